The monoisotopic (exact) mass is 381 g/mol. The molecule has 0 bridgehead atoms. The van der Waals surface area contributed by atoms with Crippen LogP contribution in [0.1, 0.15) is 5.56 Å². The van der Waals surface area contributed by atoms with E-state index in [1.165, 1.54) is 16.4 Å². The highest BCUT2D eigenvalue weighted by Crippen LogP contribution is 2.21. The number of hydrogen-bond donors (Lipinski definition) is 1. The van der Waals surface area contributed by atoms with Crippen LogP contribution in [0.5, 0.6) is 0 Å². The van der Waals surface area contributed by atoms with Crippen LogP contribution in [0.15, 0.2) is 29.2 Å². The number of hydrogen-bond acceptors (Lipinski definition) is 5. The van der Waals surface area contributed by atoms with Crippen molar-refractivity contribution < 1.29 is 8.42 Å². The lowest BCUT2D eigenvalue weighted by molar-refractivity contribution is 0.263. The summed E-state index contributed by atoms with van der Waals surface area (Å²) in [6.45, 7) is 3.37. The van der Waals surface area contributed by atoms with E-state index in [2.05, 4.69) is 10.2 Å². The molecule has 0 radical (unpaired) electrons. The maximum Gasteiger partial charge on any atom is 0.244 e. The van der Waals surface area contributed by atoms with Gasteiger partial charge in [0.15, 0.2) is 5.11 Å². The van der Waals surface area contributed by atoms with Gasteiger partial charge in [-0.3, -0.25) is 0 Å². The Morgan fingerprint density at radius 2 is 1.92 bits per heavy atom. The van der Waals surface area contributed by atoms with Crippen molar-refractivity contribution in [2.45, 2.75) is 4.90 Å². The minimum Gasteiger partial charge on any atom is -0.361 e. The van der Waals surface area contributed by atoms with Crippen LogP contribution in [0, 0.1) is 11.3 Å². The van der Waals surface area contributed by atoms with E-state index in [1.54, 1.807) is 12.1 Å². The molecule has 136 valence electrons. The molecule has 0 aliphatic carbocycles. The predicted molar refractivity (Wildman–Crippen MR) is 101 cm³/mol. The van der Waals surface area contributed by atoms with Gasteiger partial charge in [-0.2, -0.15) is 9.57 Å². The molecule has 1 aromatic carbocycles. The number of nitriles is 1. The van der Waals surface area contributed by atoms with Crippen molar-refractivity contribution in [2.75, 3.05) is 53.4 Å². The summed E-state index contributed by atoms with van der Waals surface area (Å²) in [5.74, 6) is 0. The third-order valence-electron chi connectivity index (χ3n) is 3.99. The minimum absolute atomic E-state index is 0.0673. The van der Waals surface area contributed by atoms with E-state index in [-0.39, 0.29) is 10.5 Å². The summed E-state index contributed by atoms with van der Waals surface area (Å²) < 4.78 is 27.0. The van der Waals surface area contributed by atoms with Crippen molar-refractivity contribution >= 4 is 27.4 Å². The van der Waals surface area contributed by atoms with Gasteiger partial charge in [-0.15, -0.1) is 0 Å². The van der Waals surface area contributed by atoms with Crippen LogP contribution in [0.3, 0.4) is 0 Å². The number of nitrogens with one attached hydrogen (secondary N) is 1. The number of likely N-dealkylation sites (N-methyl/N-ethyl adjacent to an activating group) is 1. The van der Waals surface area contributed by atoms with Crippen molar-refractivity contribution in [1.29, 1.82) is 5.26 Å². The summed E-state index contributed by atoms with van der Waals surface area (Å²) in [7, 11) is 0.319. The van der Waals surface area contributed by atoms with E-state index >= 15 is 0 Å². The fraction of sp³-hybridized carbons (Fsp3) is 0.500. The van der Waals surface area contributed by atoms with Gasteiger partial charge < -0.3 is 15.1 Å². The van der Waals surface area contributed by atoms with Gasteiger partial charge in [0, 0.05) is 39.3 Å². The summed E-state index contributed by atoms with van der Waals surface area (Å²) >= 11 is 5.38. The Labute approximate surface area is 154 Å². The van der Waals surface area contributed by atoms with Crippen LogP contribution in [-0.4, -0.2) is 81.0 Å². The van der Waals surface area contributed by atoms with E-state index < -0.39 is 10.0 Å². The fourth-order valence-corrected chi connectivity index (χ4v) is 4.40. The van der Waals surface area contributed by atoms with E-state index in [9.17, 15) is 8.42 Å². The maximum absolute atomic E-state index is 12.8. The van der Waals surface area contributed by atoms with Crippen LogP contribution in [0.4, 0.5) is 0 Å². The summed E-state index contributed by atoms with van der Waals surface area (Å²) in [5.41, 5.74) is 0.172. The summed E-state index contributed by atoms with van der Waals surface area (Å²) in [6, 6.07) is 8.24. The molecule has 1 fully saturated rings. The molecule has 25 heavy (non-hydrogen) atoms. The average Bonchev–Trinajstić information content (AvgIpc) is 2.61. The van der Waals surface area contributed by atoms with E-state index in [4.69, 9.17) is 17.5 Å². The van der Waals surface area contributed by atoms with Gasteiger partial charge in [0.2, 0.25) is 10.0 Å². The van der Waals surface area contributed by atoms with Crippen molar-refractivity contribution in [2.24, 2.45) is 0 Å². The van der Waals surface area contributed by atoms with Gasteiger partial charge in [-0.25, -0.2) is 8.42 Å². The Morgan fingerprint density at radius 1 is 1.28 bits per heavy atom. The van der Waals surface area contributed by atoms with Crippen molar-refractivity contribution in [3.8, 4) is 6.07 Å². The Balaban J connectivity index is 1.97. The smallest absolute Gasteiger partial charge is 0.244 e. The number of sulfonamides is 1. The molecule has 1 heterocycles. The summed E-state index contributed by atoms with van der Waals surface area (Å²) in [4.78, 5) is 4.11. The van der Waals surface area contributed by atoms with Crippen LogP contribution in [0.25, 0.3) is 0 Å². The van der Waals surface area contributed by atoms with E-state index in [1.807, 2.05) is 25.1 Å². The quantitative estimate of drug-likeness (QED) is 0.735. The van der Waals surface area contributed by atoms with Crippen molar-refractivity contribution in [3.05, 3.63) is 29.8 Å². The molecule has 7 nitrogen and oxygen atoms in total. The van der Waals surface area contributed by atoms with Crippen LogP contribution in [0.2, 0.25) is 0 Å². The number of benzene rings is 1. The summed E-state index contributed by atoms with van der Waals surface area (Å²) in [5, 5.41) is 13.0. The lowest BCUT2D eigenvalue weighted by Crippen LogP contribution is -2.53. The van der Waals surface area contributed by atoms with E-state index in [0.717, 1.165) is 13.1 Å². The SMILES string of the molecule is CN(C)CCNC(=S)N1CCN(S(=O)(=O)c2ccccc2C#N)CC1. The van der Waals surface area contributed by atoms with Crippen molar-refractivity contribution in [1.82, 2.24) is 19.4 Å². The zero-order valence-corrected chi connectivity index (χ0v) is 16.1. The normalized spacial score (nSPS) is 15.8. The first-order valence-electron chi connectivity index (χ1n) is 8.03. The highest BCUT2D eigenvalue weighted by Gasteiger charge is 2.30. The minimum atomic E-state index is -3.67. The Bertz CT molecular complexity index is 750. The second-order valence-corrected chi connectivity index (χ2v) is 8.33. The zero-order valence-electron chi connectivity index (χ0n) is 14.5. The number of thiocarbonyl (C=S) groups is 1. The number of rotatable bonds is 5. The zero-order chi connectivity index (χ0) is 18.4. The standard InChI is InChI=1S/C16H23N5O2S2/c1-19(2)8-7-18-16(24)20-9-11-21(12-10-20)25(22,23)15-6-4-3-5-14(15)13-17/h3-6H,7-12H2,1-2H3,(H,18,24). The van der Waals surface area contributed by atoms with Gasteiger partial charge in [0.1, 0.15) is 6.07 Å². The third-order valence-corrected chi connectivity index (χ3v) is 6.35. The number of piperazine rings is 1. The Hall–Kier alpha value is -1.73. The van der Waals surface area contributed by atoms with E-state index in [0.29, 0.717) is 31.3 Å². The molecular formula is C16H23N5O2S2. The molecule has 1 saturated heterocycles. The third kappa shape index (κ3) is 4.89. The average molecular weight is 382 g/mol. The molecule has 2 rings (SSSR count). The molecule has 0 spiro atoms. The first-order valence-corrected chi connectivity index (χ1v) is 9.88. The van der Waals surface area contributed by atoms with Crippen LogP contribution in [-0.2, 0) is 10.0 Å². The lowest BCUT2D eigenvalue weighted by Gasteiger charge is -2.35. The molecule has 0 amide bonds. The summed E-state index contributed by atoms with van der Waals surface area (Å²) in [6.07, 6.45) is 0. The molecule has 9 heteroatoms. The molecule has 0 aromatic heterocycles. The molecule has 1 aromatic rings. The highest BCUT2D eigenvalue weighted by molar-refractivity contribution is 7.89. The Kier molecular flexibility index (Phi) is 6.72. The fourth-order valence-electron chi connectivity index (χ4n) is 2.55. The molecule has 1 N–H and O–H groups in total. The molecular weight excluding hydrogens is 358 g/mol. The highest BCUT2D eigenvalue weighted by atomic mass is 32.2. The lowest BCUT2D eigenvalue weighted by atomic mass is 10.2. The topological polar surface area (TPSA) is 79.7 Å². The van der Waals surface area contributed by atoms with Gasteiger partial charge in [-0.05, 0) is 38.4 Å². The second kappa shape index (κ2) is 8.58. The van der Waals surface area contributed by atoms with Crippen LogP contribution >= 0.6 is 12.2 Å². The first-order chi connectivity index (χ1) is 11.9. The molecule has 1 aliphatic rings. The largest absolute Gasteiger partial charge is 0.361 e. The van der Waals surface area contributed by atoms with Crippen LogP contribution < -0.4 is 5.32 Å². The van der Waals surface area contributed by atoms with Gasteiger partial charge in [0.25, 0.3) is 0 Å². The van der Waals surface area contributed by atoms with Crippen molar-refractivity contribution in [3.63, 3.8) is 0 Å². The Morgan fingerprint density at radius 3 is 2.52 bits per heavy atom. The van der Waals surface area contributed by atoms with Gasteiger partial charge in [0.05, 0.1) is 10.5 Å². The molecule has 0 atom stereocenters. The molecule has 0 saturated carbocycles. The molecule has 0 unspecified atom stereocenters. The second-order valence-electron chi connectivity index (χ2n) is 6.03. The van der Waals surface area contributed by atoms with Gasteiger partial charge >= 0.3 is 0 Å². The molecule has 1 aliphatic heterocycles. The predicted octanol–water partition coefficient (Wildman–Crippen LogP) is 0.301. The first kappa shape index (κ1) is 19.6. The number of nitrogens with zero attached hydrogens (tertiary/aromatic N) is 4. The maximum atomic E-state index is 12.8. The van der Waals surface area contributed by atoms with Gasteiger partial charge in [-0.1, -0.05) is 12.1 Å².